The zero-order valence-electron chi connectivity index (χ0n) is 15.6. The first kappa shape index (κ1) is 17.9. The molecule has 0 saturated carbocycles. The van der Waals surface area contributed by atoms with Gasteiger partial charge in [0.25, 0.3) is 5.91 Å². The number of aryl methyl sites for hydroxylation is 2. The Morgan fingerprint density at radius 2 is 2.22 bits per heavy atom. The van der Waals surface area contributed by atoms with Gasteiger partial charge in [-0.3, -0.25) is 4.79 Å². The van der Waals surface area contributed by atoms with E-state index in [2.05, 4.69) is 15.3 Å². The van der Waals surface area contributed by atoms with Crippen molar-refractivity contribution in [3.05, 3.63) is 40.4 Å². The number of amides is 1. The van der Waals surface area contributed by atoms with Crippen molar-refractivity contribution >= 4 is 33.3 Å². The number of hydrogen-bond acceptors (Lipinski definition) is 7. The van der Waals surface area contributed by atoms with Gasteiger partial charge in [-0.25, -0.2) is 9.97 Å². The molecule has 142 valence electrons. The van der Waals surface area contributed by atoms with Crippen molar-refractivity contribution < 1.29 is 13.9 Å². The van der Waals surface area contributed by atoms with Gasteiger partial charge >= 0.3 is 0 Å². The van der Waals surface area contributed by atoms with Gasteiger partial charge in [-0.05, 0) is 38.0 Å². The van der Waals surface area contributed by atoms with Crippen LogP contribution in [0.3, 0.4) is 0 Å². The number of carbonyl (C=O) groups excluding carboxylic acids is 1. The monoisotopic (exact) mass is 386 g/mol. The molecule has 4 rings (SSSR count). The summed E-state index contributed by atoms with van der Waals surface area (Å²) in [5.41, 5.74) is 0.907. The number of aromatic nitrogens is 2. The molecule has 27 heavy (non-hydrogen) atoms. The number of carbonyl (C=O) groups is 1. The number of hydrogen-bond donors (Lipinski definition) is 1. The van der Waals surface area contributed by atoms with E-state index in [9.17, 15) is 4.79 Å². The van der Waals surface area contributed by atoms with Gasteiger partial charge in [0.15, 0.2) is 0 Å². The quantitative estimate of drug-likeness (QED) is 0.724. The lowest BCUT2D eigenvalue weighted by atomic mass is 10.1. The van der Waals surface area contributed by atoms with Gasteiger partial charge < -0.3 is 19.4 Å². The number of nitrogens with one attached hydrogen (secondary N) is 1. The highest BCUT2D eigenvalue weighted by Gasteiger charge is 2.28. The molecule has 1 aliphatic heterocycles. The minimum Gasteiger partial charge on any atom is -0.465 e. The van der Waals surface area contributed by atoms with Crippen molar-refractivity contribution in [1.82, 2.24) is 14.9 Å². The van der Waals surface area contributed by atoms with Gasteiger partial charge in [-0.15, -0.1) is 11.3 Å². The first-order chi connectivity index (χ1) is 13.0. The van der Waals surface area contributed by atoms with Crippen LogP contribution in [0.5, 0.6) is 0 Å². The van der Waals surface area contributed by atoms with E-state index < -0.39 is 0 Å². The summed E-state index contributed by atoms with van der Waals surface area (Å²) in [6.45, 7) is 5.70. The van der Waals surface area contributed by atoms with Gasteiger partial charge in [-0.1, -0.05) is 0 Å². The number of fused-ring (bicyclic) bond motifs is 1. The summed E-state index contributed by atoms with van der Waals surface area (Å²) >= 11 is 1.41. The number of anilines is 1. The van der Waals surface area contributed by atoms with E-state index in [-0.39, 0.29) is 11.9 Å². The van der Waals surface area contributed by atoms with Crippen LogP contribution in [0.15, 0.2) is 22.9 Å². The third kappa shape index (κ3) is 3.42. The number of rotatable bonds is 5. The molecule has 1 amide bonds. The lowest BCUT2D eigenvalue weighted by Crippen LogP contribution is -2.37. The summed E-state index contributed by atoms with van der Waals surface area (Å²) in [5, 5.41) is 4.21. The summed E-state index contributed by atoms with van der Waals surface area (Å²) in [6.07, 6.45) is 2.40. The predicted molar refractivity (Wildman–Crippen MR) is 104 cm³/mol. The molecule has 0 spiro atoms. The van der Waals surface area contributed by atoms with Crippen LogP contribution in [0.2, 0.25) is 0 Å². The van der Waals surface area contributed by atoms with Crippen LogP contribution in [-0.4, -0.2) is 47.1 Å². The molecule has 0 radical (unpaired) electrons. The first-order valence-corrected chi connectivity index (χ1v) is 9.74. The zero-order valence-corrected chi connectivity index (χ0v) is 16.4. The van der Waals surface area contributed by atoms with Crippen LogP contribution in [0, 0.1) is 13.8 Å². The smallest absolute Gasteiger partial charge is 0.264 e. The second-order valence-electron chi connectivity index (χ2n) is 6.76. The fourth-order valence-electron chi connectivity index (χ4n) is 3.31. The van der Waals surface area contributed by atoms with Crippen LogP contribution in [0.1, 0.15) is 33.2 Å². The van der Waals surface area contributed by atoms with Gasteiger partial charge in [0.05, 0.1) is 29.5 Å². The van der Waals surface area contributed by atoms with Crippen LogP contribution >= 0.6 is 11.3 Å². The number of nitrogens with zero attached hydrogens (tertiary/aromatic N) is 3. The maximum atomic E-state index is 13.0. The minimum atomic E-state index is 0.0126. The summed E-state index contributed by atoms with van der Waals surface area (Å²) in [7, 11) is 1.84. The van der Waals surface area contributed by atoms with E-state index in [4.69, 9.17) is 9.15 Å². The molecule has 1 atom stereocenters. The molecule has 4 heterocycles. The van der Waals surface area contributed by atoms with Gasteiger partial charge in [0.2, 0.25) is 0 Å². The Bertz CT molecular complexity index is 975. The molecule has 1 unspecified atom stereocenters. The molecule has 1 N–H and O–H groups in total. The summed E-state index contributed by atoms with van der Waals surface area (Å²) in [5.74, 6) is 2.44. The van der Waals surface area contributed by atoms with Crippen molar-refractivity contribution in [3.63, 3.8) is 0 Å². The van der Waals surface area contributed by atoms with E-state index in [1.54, 1.807) is 4.90 Å². The van der Waals surface area contributed by atoms with E-state index in [1.165, 1.54) is 17.7 Å². The molecule has 3 aromatic rings. The number of likely N-dealkylation sites (N-methyl/N-ethyl adjacent to an activating group) is 1. The van der Waals surface area contributed by atoms with Crippen LogP contribution in [0.25, 0.3) is 10.2 Å². The molecule has 0 aliphatic carbocycles. The van der Waals surface area contributed by atoms with Crippen molar-refractivity contribution in [1.29, 1.82) is 0 Å². The Morgan fingerprint density at radius 3 is 2.93 bits per heavy atom. The number of thiophene rings is 1. The average Bonchev–Trinajstić information content (AvgIpc) is 3.40. The lowest BCUT2D eigenvalue weighted by molar-refractivity contribution is 0.0715. The SMILES string of the molecule is Cc1ccc(CNc2ncnc3sc(C(=O)N(C)C4CCOC4)c(C)c23)o1. The molecule has 1 fully saturated rings. The predicted octanol–water partition coefficient (Wildman–Crippen LogP) is 3.37. The van der Waals surface area contributed by atoms with Gasteiger partial charge in [0, 0.05) is 13.7 Å². The Kier molecular flexibility index (Phi) is 4.84. The van der Waals surface area contributed by atoms with E-state index in [1.807, 2.05) is 33.0 Å². The molecule has 3 aromatic heterocycles. The standard InChI is InChI=1S/C19H22N4O3S/c1-11-4-5-14(26-11)8-20-17-15-12(2)16(27-18(15)22-10-21-17)19(24)23(3)13-6-7-25-9-13/h4-5,10,13H,6-9H2,1-3H3,(H,20,21,22). The van der Waals surface area contributed by atoms with Crippen LogP contribution in [0.4, 0.5) is 5.82 Å². The molecule has 8 heteroatoms. The minimum absolute atomic E-state index is 0.0126. The fourth-order valence-corrected chi connectivity index (χ4v) is 4.45. The number of furan rings is 1. The van der Waals surface area contributed by atoms with Gasteiger partial charge in [-0.2, -0.15) is 0 Å². The number of ether oxygens (including phenoxy) is 1. The summed E-state index contributed by atoms with van der Waals surface area (Å²) in [4.78, 5) is 25.1. The molecule has 1 aliphatic rings. The Hall–Kier alpha value is -2.45. The zero-order chi connectivity index (χ0) is 19.0. The van der Waals surface area contributed by atoms with Crippen LogP contribution < -0.4 is 5.32 Å². The van der Waals surface area contributed by atoms with E-state index >= 15 is 0 Å². The van der Waals surface area contributed by atoms with Crippen LogP contribution in [-0.2, 0) is 11.3 Å². The van der Waals surface area contributed by atoms with Crippen molar-refractivity contribution in [2.45, 2.75) is 32.9 Å². The van der Waals surface area contributed by atoms with Crippen molar-refractivity contribution in [2.24, 2.45) is 0 Å². The fraction of sp³-hybridized carbons (Fsp3) is 0.421. The molecular formula is C19H22N4O3S. The Balaban J connectivity index is 1.62. The largest absolute Gasteiger partial charge is 0.465 e. The highest BCUT2D eigenvalue weighted by atomic mass is 32.1. The van der Waals surface area contributed by atoms with Gasteiger partial charge in [0.1, 0.15) is 28.5 Å². The molecular weight excluding hydrogens is 364 g/mol. The van der Waals surface area contributed by atoms with E-state index in [0.29, 0.717) is 30.5 Å². The molecule has 7 nitrogen and oxygen atoms in total. The molecule has 1 saturated heterocycles. The highest BCUT2D eigenvalue weighted by molar-refractivity contribution is 7.20. The molecule has 0 bridgehead atoms. The topological polar surface area (TPSA) is 80.5 Å². The lowest BCUT2D eigenvalue weighted by Gasteiger charge is -2.22. The molecule has 0 aromatic carbocycles. The summed E-state index contributed by atoms with van der Waals surface area (Å²) in [6, 6.07) is 4.00. The normalized spacial score (nSPS) is 16.8. The third-order valence-electron chi connectivity index (χ3n) is 4.92. The van der Waals surface area contributed by atoms with E-state index in [0.717, 1.165) is 33.7 Å². The summed E-state index contributed by atoms with van der Waals surface area (Å²) < 4.78 is 11.0. The first-order valence-electron chi connectivity index (χ1n) is 8.92. The maximum Gasteiger partial charge on any atom is 0.264 e. The van der Waals surface area contributed by atoms with Crippen molar-refractivity contribution in [3.8, 4) is 0 Å². The highest BCUT2D eigenvalue weighted by Crippen LogP contribution is 2.34. The average molecular weight is 386 g/mol. The second kappa shape index (κ2) is 7.28. The Labute approximate surface area is 161 Å². The van der Waals surface area contributed by atoms with Crippen molar-refractivity contribution in [2.75, 3.05) is 25.6 Å². The third-order valence-corrected chi connectivity index (χ3v) is 6.11. The second-order valence-corrected chi connectivity index (χ2v) is 7.76. The Morgan fingerprint density at radius 1 is 1.37 bits per heavy atom. The maximum absolute atomic E-state index is 13.0.